The molecule has 0 atom stereocenters. The molecule has 114 valence electrons. The Morgan fingerprint density at radius 1 is 0.950 bits per heavy atom. The zero-order chi connectivity index (χ0) is 15.5. The molecule has 1 aromatic carbocycles. The van der Waals surface area contributed by atoms with Crippen LogP contribution in [0.4, 0.5) is 0 Å². The van der Waals surface area contributed by atoms with Crippen molar-refractivity contribution in [3.05, 3.63) is 34.9 Å². The Morgan fingerprint density at radius 2 is 1.40 bits per heavy atom. The molecule has 0 radical (unpaired) electrons. The van der Waals surface area contributed by atoms with Gasteiger partial charge in [-0.1, -0.05) is 51.4 Å². The second-order valence-electron chi connectivity index (χ2n) is 4.71. The lowest BCUT2D eigenvalue weighted by Gasteiger charge is -2.27. The molecule has 1 aromatic rings. The number of benzene rings is 1. The van der Waals surface area contributed by atoms with E-state index < -0.39 is 0 Å². The third-order valence-corrected chi connectivity index (χ3v) is 3.90. The van der Waals surface area contributed by atoms with Crippen LogP contribution in [0.15, 0.2) is 24.3 Å². The maximum atomic E-state index is 11.3. The highest BCUT2D eigenvalue weighted by Gasteiger charge is 2.24. The van der Waals surface area contributed by atoms with Gasteiger partial charge in [-0.25, -0.2) is 0 Å². The van der Waals surface area contributed by atoms with E-state index in [9.17, 15) is 4.79 Å². The van der Waals surface area contributed by atoms with Crippen molar-refractivity contribution < 1.29 is 4.79 Å². The largest absolute Gasteiger partial charge is 0.300 e. The van der Waals surface area contributed by atoms with Crippen LogP contribution in [-0.2, 0) is 4.79 Å². The van der Waals surface area contributed by atoms with Gasteiger partial charge in [0.25, 0.3) is 0 Å². The molecule has 20 heavy (non-hydrogen) atoms. The highest BCUT2D eigenvalue weighted by molar-refractivity contribution is 6.30. The zero-order valence-corrected chi connectivity index (χ0v) is 14.3. The predicted octanol–water partition coefficient (Wildman–Crippen LogP) is 6.26. The maximum absolute atomic E-state index is 11.3. The summed E-state index contributed by atoms with van der Waals surface area (Å²) >= 11 is 5.87. The molecule has 2 rings (SSSR count). The Balaban J connectivity index is 0.000000829. The molecule has 1 aliphatic carbocycles. The lowest BCUT2D eigenvalue weighted by Crippen LogP contribution is -2.18. The SMILES string of the molecule is CC.CC.CC(=O)C1CCC(c2ccc(Cl)cc2)CC1. The number of hydrogen-bond acceptors (Lipinski definition) is 1. The van der Waals surface area contributed by atoms with Gasteiger partial charge in [-0.15, -0.1) is 0 Å². The lowest BCUT2D eigenvalue weighted by molar-refractivity contribution is -0.121. The van der Waals surface area contributed by atoms with Gasteiger partial charge in [-0.2, -0.15) is 0 Å². The number of Topliss-reactive ketones (excluding diaryl/α,β-unsaturated/α-hetero) is 1. The first kappa shape index (κ1) is 19.2. The van der Waals surface area contributed by atoms with Gasteiger partial charge in [0.15, 0.2) is 0 Å². The Kier molecular flexibility index (Phi) is 10.5. The first-order chi connectivity index (χ1) is 9.66. The number of ketones is 1. The topological polar surface area (TPSA) is 17.1 Å². The summed E-state index contributed by atoms with van der Waals surface area (Å²) in [6.45, 7) is 9.72. The highest BCUT2D eigenvalue weighted by Crippen LogP contribution is 2.36. The molecule has 0 aliphatic heterocycles. The number of rotatable bonds is 2. The summed E-state index contributed by atoms with van der Waals surface area (Å²) in [5.74, 6) is 1.28. The van der Waals surface area contributed by atoms with Crippen molar-refractivity contribution in [1.29, 1.82) is 0 Å². The lowest BCUT2D eigenvalue weighted by atomic mass is 9.77. The van der Waals surface area contributed by atoms with Crippen molar-refractivity contribution in [1.82, 2.24) is 0 Å². The van der Waals surface area contributed by atoms with Crippen molar-refractivity contribution in [2.45, 2.75) is 66.2 Å². The van der Waals surface area contributed by atoms with Crippen LogP contribution in [0.5, 0.6) is 0 Å². The Labute approximate surface area is 129 Å². The molecular weight excluding hydrogens is 268 g/mol. The van der Waals surface area contributed by atoms with Crippen LogP contribution < -0.4 is 0 Å². The van der Waals surface area contributed by atoms with Crippen LogP contribution in [0.3, 0.4) is 0 Å². The molecule has 0 amide bonds. The molecule has 0 saturated heterocycles. The van der Waals surface area contributed by atoms with Gasteiger partial charge >= 0.3 is 0 Å². The second-order valence-corrected chi connectivity index (χ2v) is 5.15. The fourth-order valence-corrected chi connectivity index (χ4v) is 2.69. The summed E-state index contributed by atoms with van der Waals surface area (Å²) in [5, 5.41) is 0.793. The first-order valence-corrected chi connectivity index (χ1v) is 8.30. The molecular formula is C18H29ClO. The number of halogens is 1. The van der Waals surface area contributed by atoms with Gasteiger partial charge in [0, 0.05) is 10.9 Å². The van der Waals surface area contributed by atoms with Gasteiger partial charge in [0.2, 0.25) is 0 Å². The molecule has 0 N–H and O–H groups in total. The van der Waals surface area contributed by atoms with E-state index in [0.717, 1.165) is 30.7 Å². The second kappa shape index (κ2) is 10.9. The first-order valence-electron chi connectivity index (χ1n) is 7.92. The summed E-state index contributed by atoms with van der Waals surface area (Å²) in [7, 11) is 0. The average Bonchev–Trinajstić information content (AvgIpc) is 2.52. The third kappa shape index (κ3) is 6.09. The predicted molar refractivity (Wildman–Crippen MR) is 89.5 cm³/mol. The summed E-state index contributed by atoms with van der Waals surface area (Å²) in [5.41, 5.74) is 1.37. The molecule has 1 aliphatic rings. The number of carbonyl (C=O) groups is 1. The van der Waals surface area contributed by atoms with E-state index in [1.54, 1.807) is 6.92 Å². The van der Waals surface area contributed by atoms with Gasteiger partial charge in [0.05, 0.1) is 0 Å². The highest BCUT2D eigenvalue weighted by atomic mass is 35.5. The molecule has 1 fully saturated rings. The van der Waals surface area contributed by atoms with Crippen molar-refractivity contribution in [2.24, 2.45) is 5.92 Å². The standard InChI is InChI=1S/C14H17ClO.2C2H6/c1-10(16)11-2-4-12(5-3-11)13-6-8-14(15)9-7-13;2*1-2/h6-9,11-12H,2-5H2,1H3;2*1-2H3. The Morgan fingerprint density at radius 3 is 1.80 bits per heavy atom. The van der Waals surface area contributed by atoms with Crippen molar-refractivity contribution in [3.63, 3.8) is 0 Å². The summed E-state index contributed by atoms with van der Waals surface area (Å²) in [6, 6.07) is 8.13. The maximum Gasteiger partial charge on any atom is 0.132 e. The van der Waals surface area contributed by atoms with E-state index in [2.05, 4.69) is 12.1 Å². The minimum atomic E-state index is 0.309. The molecule has 0 unspecified atom stereocenters. The van der Waals surface area contributed by atoms with Crippen LogP contribution in [0.2, 0.25) is 5.02 Å². The van der Waals surface area contributed by atoms with Crippen LogP contribution in [-0.4, -0.2) is 5.78 Å². The summed E-state index contributed by atoms with van der Waals surface area (Å²) < 4.78 is 0. The Hall–Kier alpha value is -0.820. The number of carbonyl (C=O) groups excluding carboxylic acids is 1. The molecule has 0 heterocycles. The van der Waals surface area contributed by atoms with Gasteiger partial charge in [-0.05, 0) is 56.2 Å². The minimum absolute atomic E-state index is 0.309. The zero-order valence-electron chi connectivity index (χ0n) is 13.6. The molecule has 2 heteroatoms. The van der Waals surface area contributed by atoms with Crippen LogP contribution in [0.1, 0.15) is 71.8 Å². The van der Waals surface area contributed by atoms with Crippen LogP contribution >= 0.6 is 11.6 Å². The molecule has 0 spiro atoms. The van der Waals surface area contributed by atoms with Crippen molar-refractivity contribution >= 4 is 17.4 Å². The van der Waals surface area contributed by atoms with E-state index in [0.29, 0.717) is 17.6 Å². The average molecular weight is 297 g/mol. The molecule has 0 bridgehead atoms. The molecule has 1 nitrogen and oxygen atoms in total. The van der Waals surface area contributed by atoms with E-state index in [4.69, 9.17) is 11.6 Å². The molecule has 0 aromatic heterocycles. The molecule has 1 saturated carbocycles. The monoisotopic (exact) mass is 296 g/mol. The summed E-state index contributed by atoms with van der Waals surface area (Å²) in [6.07, 6.45) is 4.35. The van der Waals surface area contributed by atoms with E-state index in [1.807, 2.05) is 39.8 Å². The van der Waals surface area contributed by atoms with Gasteiger partial charge < -0.3 is 0 Å². The van der Waals surface area contributed by atoms with E-state index in [-0.39, 0.29) is 0 Å². The van der Waals surface area contributed by atoms with Gasteiger partial charge in [-0.3, -0.25) is 4.79 Å². The fraction of sp³-hybridized carbons (Fsp3) is 0.611. The normalized spacial score (nSPS) is 20.9. The van der Waals surface area contributed by atoms with E-state index >= 15 is 0 Å². The number of hydrogen-bond donors (Lipinski definition) is 0. The quantitative estimate of drug-likeness (QED) is 0.630. The van der Waals surface area contributed by atoms with Crippen LogP contribution in [0, 0.1) is 5.92 Å². The van der Waals surface area contributed by atoms with Crippen LogP contribution in [0.25, 0.3) is 0 Å². The van der Waals surface area contributed by atoms with Gasteiger partial charge in [0.1, 0.15) is 5.78 Å². The minimum Gasteiger partial charge on any atom is -0.300 e. The smallest absolute Gasteiger partial charge is 0.132 e. The van der Waals surface area contributed by atoms with Crippen molar-refractivity contribution in [2.75, 3.05) is 0 Å². The third-order valence-electron chi connectivity index (χ3n) is 3.64. The fourth-order valence-electron chi connectivity index (χ4n) is 2.57. The van der Waals surface area contributed by atoms with Crippen molar-refractivity contribution in [3.8, 4) is 0 Å². The Bertz CT molecular complexity index is 362. The summed E-state index contributed by atoms with van der Waals surface area (Å²) in [4.78, 5) is 11.3. The van der Waals surface area contributed by atoms with E-state index in [1.165, 1.54) is 5.56 Å².